The van der Waals surface area contributed by atoms with E-state index < -0.39 is 0 Å². The molecule has 0 N–H and O–H groups in total. The van der Waals surface area contributed by atoms with Gasteiger partial charge in [-0.1, -0.05) is 138 Å². The van der Waals surface area contributed by atoms with Crippen LogP contribution in [-0.4, -0.2) is 0 Å². The van der Waals surface area contributed by atoms with E-state index >= 15 is 0 Å². The Morgan fingerprint density at radius 1 is 0.562 bits per heavy atom. The molecule has 2 aromatic rings. The van der Waals surface area contributed by atoms with E-state index in [1.807, 2.05) is 0 Å². The van der Waals surface area contributed by atoms with Crippen LogP contribution in [0.5, 0.6) is 0 Å². The van der Waals surface area contributed by atoms with Gasteiger partial charge in [0.05, 0.1) is 0 Å². The minimum atomic E-state index is 0. The van der Waals surface area contributed by atoms with Crippen molar-refractivity contribution < 1.29 is 17.1 Å². The standard InChI is InChI=1S/C20H35.C11H17.Fe/c1-6-11-16-17(12-7-2)19(14-9-4)20(15-10-5)18(16)13-8-3;1-3-5-10-7-8-11(9-10)6-4-2;/h6-15H2,1-5H3;7-9H,3-6H2,1-2H3;/q2*-1;+2. The van der Waals surface area contributed by atoms with Crippen molar-refractivity contribution in [1.29, 1.82) is 0 Å². The zero-order valence-electron chi connectivity index (χ0n) is 22.5. The summed E-state index contributed by atoms with van der Waals surface area (Å²) in [5.41, 5.74) is 11.8. The van der Waals surface area contributed by atoms with E-state index in [-0.39, 0.29) is 17.1 Å². The zero-order chi connectivity index (χ0) is 23.1. The van der Waals surface area contributed by atoms with Crippen molar-refractivity contribution >= 4 is 0 Å². The van der Waals surface area contributed by atoms with E-state index in [0.29, 0.717) is 0 Å². The fourth-order valence-electron chi connectivity index (χ4n) is 5.11. The van der Waals surface area contributed by atoms with Crippen molar-refractivity contribution in [2.45, 2.75) is 138 Å². The summed E-state index contributed by atoms with van der Waals surface area (Å²) < 4.78 is 0. The molecule has 0 saturated heterocycles. The van der Waals surface area contributed by atoms with Gasteiger partial charge in [-0.05, 0) is 0 Å². The average molecular weight is 481 g/mol. The van der Waals surface area contributed by atoms with Crippen LogP contribution < -0.4 is 0 Å². The summed E-state index contributed by atoms with van der Waals surface area (Å²) in [6.45, 7) is 16.1. The first-order chi connectivity index (χ1) is 15.1. The van der Waals surface area contributed by atoms with E-state index in [0.717, 1.165) is 0 Å². The summed E-state index contributed by atoms with van der Waals surface area (Å²) in [4.78, 5) is 0. The molecule has 0 aliphatic heterocycles. The molecule has 184 valence electrons. The number of hydrogen-bond acceptors (Lipinski definition) is 0. The normalized spacial score (nSPS) is 10.6. The van der Waals surface area contributed by atoms with Crippen LogP contribution in [0.3, 0.4) is 0 Å². The maximum absolute atomic E-state index is 2.34. The van der Waals surface area contributed by atoms with Gasteiger partial charge in [0.15, 0.2) is 0 Å². The van der Waals surface area contributed by atoms with E-state index in [1.54, 1.807) is 27.8 Å². The smallest absolute Gasteiger partial charge is 0.210 e. The van der Waals surface area contributed by atoms with Crippen LogP contribution in [0.25, 0.3) is 0 Å². The Morgan fingerprint density at radius 2 is 1.03 bits per heavy atom. The Bertz CT molecular complexity index is 576. The first kappa shape index (κ1) is 31.2. The van der Waals surface area contributed by atoms with Gasteiger partial charge in [0.2, 0.25) is 0 Å². The molecule has 2 aromatic carbocycles. The topological polar surface area (TPSA) is 0 Å². The van der Waals surface area contributed by atoms with Crippen molar-refractivity contribution in [3.05, 3.63) is 57.1 Å². The fraction of sp³-hybridized carbons (Fsp3) is 0.677. The summed E-state index contributed by atoms with van der Waals surface area (Å²) in [6, 6.07) is 6.86. The molecule has 2 rings (SSSR count). The largest absolute Gasteiger partial charge is 2.00 e. The van der Waals surface area contributed by atoms with Crippen LogP contribution in [0.2, 0.25) is 0 Å². The molecule has 0 unspecified atom stereocenters. The zero-order valence-corrected chi connectivity index (χ0v) is 23.6. The van der Waals surface area contributed by atoms with Gasteiger partial charge in [0, 0.05) is 0 Å². The molecule has 0 radical (unpaired) electrons. The van der Waals surface area contributed by atoms with Gasteiger partial charge in [-0.3, -0.25) is 0 Å². The summed E-state index contributed by atoms with van der Waals surface area (Å²) in [5.74, 6) is 0. The Labute approximate surface area is 212 Å². The molecular formula is C31H52Fe. The van der Waals surface area contributed by atoms with Gasteiger partial charge < -0.3 is 0 Å². The van der Waals surface area contributed by atoms with Gasteiger partial charge in [-0.2, -0.15) is 51.1 Å². The second-order valence-corrected chi connectivity index (χ2v) is 9.27. The summed E-state index contributed by atoms with van der Waals surface area (Å²) in [7, 11) is 0. The van der Waals surface area contributed by atoms with Crippen LogP contribution >= 0.6 is 0 Å². The van der Waals surface area contributed by atoms with Crippen molar-refractivity contribution in [2.24, 2.45) is 0 Å². The summed E-state index contributed by atoms with van der Waals surface area (Å²) in [5, 5.41) is 0. The molecule has 0 bridgehead atoms. The van der Waals surface area contributed by atoms with Gasteiger partial charge in [0.25, 0.3) is 0 Å². The second kappa shape index (κ2) is 18.6. The van der Waals surface area contributed by atoms with Gasteiger partial charge in [-0.15, -0.1) is 0 Å². The maximum Gasteiger partial charge on any atom is 2.00 e. The first-order valence-electron chi connectivity index (χ1n) is 13.7. The maximum atomic E-state index is 2.34. The monoisotopic (exact) mass is 480 g/mol. The van der Waals surface area contributed by atoms with Crippen LogP contribution in [0.4, 0.5) is 0 Å². The Hall–Kier alpha value is -0.781. The molecule has 1 heteroatoms. The van der Waals surface area contributed by atoms with Crippen molar-refractivity contribution in [3.8, 4) is 0 Å². The number of aryl methyl sites for hydroxylation is 2. The van der Waals surface area contributed by atoms with E-state index in [4.69, 9.17) is 0 Å². The third-order valence-electron chi connectivity index (χ3n) is 6.28. The molecular weight excluding hydrogens is 428 g/mol. The predicted octanol–water partition coefficient (Wildman–Crippen LogP) is 9.48. The summed E-state index contributed by atoms with van der Waals surface area (Å²) in [6.07, 6.45) is 17.9. The molecule has 0 aliphatic carbocycles. The van der Waals surface area contributed by atoms with Crippen LogP contribution in [0, 0.1) is 0 Å². The first-order valence-corrected chi connectivity index (χ1v) is 13.7. The molecule has 0 aliphatic rings. The van der Waals surface area contributed by atoms with Gasteiger partial charge in [-0.25, -0.2) is 6.07 Å². The molecule has 0 nitrogen and oxygen atoms in total. The van der Waals surface area contributed by atoms with Crippen LogP contribution in [0.15, 0.2) is 18.2 Å². The minimum absolute atomic E-state index is 0. The van der Waals surface area contributed by atoms with E-state index in [1.165, 1.54) is 101 Å². The Morgan fingerprint density at radius 3 is 1.44 bits per heavy atom. The molecule has 0 heterocycles. The molecule has 0 amide bonds. The number of rotatable bonds is 14. The van der Waals surface area contributed by atoms with Gasteiger partial charge in [0.1, 0.15) is 0 Å². The third kappa shape index (κ3) is 9.60. The van der Waals surface area contributed by atoms with Crippen LogP contribution in [0.1, 0.15) is 132 Å². The summed E-state index contributed by atoms with van der Waals surface area (Å²) >= 11 is 0. The van der Waals surface area contributed by atoms with Crippen molar-refractivity contribution in [2.75, 3.05) is 0 Å². The SMILES string of the molecule is CCCc1c(CCC)c(CCC)[c-](CCC)c1CCC.CCCc1cc[c-](CCC)c1.[Fe+2]. The molecule has 32 heavy (non-hydrogen) atoms. The van der Waals surface area contributed by atoms with Crippen molar-refractivity contribution in [3.63, 3.8) is 0 Å². The second-order valence-electron chi connectivity index (χ2n) is 9.27. The predicted molar refractivity (Wildman–Crippen MR) is 142 cm³/mol. The fourth-order valence-corrected chi connectivity index (χ4v) is 5.11. The number of hydrogen-bond donors (Lipinski definition) is 0. The molecule has 0 saturated carbocycles. The van der Waals surface area contributed by atoms with Crippen LogP contribution in [-0.2, 0) is 62.0 Å². The molecule has 0 fully saturated rings. The Kier molecular flexibility index (Phi) is 18.2. The van der Waals surface area contributed by atoms with Gasteiger partial charge >= 0.3 is 17.1 Å². The minimum Gasteiger partial charge on any atom is -0.210 e. The quantitative estimate of drug-likeness (QED) is 0.187. The molecule has 0 spiro atoms. The van der Waals surface area contributed by atoms with E-state index in [2.05, 4.69) is 66.7 Å². The Balaban J connectivity index is 0.000000679. The average Bonchev–Trinajstić information content (AvgIpc) is 3.30. The molecule has 0 aromatic heterocycles. The third-order valence-corrected chi connectivity index (χ3v) is 6.28. The van der Waals surface area contributed by atoms with Crippen molar-refractivity contribution in [1.82, 2.24) is 0 Å². The molecule has 0 atom stereocenters. The van der Waals surface area contributed by atoms with E-state index in [9.17, 15) is 0 Å².